The summed E-state index contributed by atoms with van der Waals surface area (Å²) in [7, 11) is 0. The second-order valence-electron chi connectivity index (χ2n) is 5.97. The van der Waals surface area contributed by atoms with Crippen molar-refractivity contribution < 1.29 is 4.79 Å². The van der Waals surface area contributed by atoms with Crippen LogP contribution in [0.3, 0.4) is 0 Å². The number of nitrogens with one attached hydrogen (secondary N) is 1. The fraction of sp³-hybridized carbons (Fsp3) is 0.222. The van der Waals surface area contributed by atoms with Crippen molar-refractivity contribution in [1.82, 2.24) is 25.1 Å². The molecule has 3 heterocycles. The third-order valence-corrected chi connectivity index (χ3v) is 4.69. The summed E-state index contributed by atoms with van der Waals surface area (Å²) in [6, 6.07) is 11.0. The topological polar surface area (TPSA) is 78.0 Å². The molecule has 0 bridgehead atoms. The average Bonchev–Trinajstić information content (AvgIpc) is 3.18. The zero-order valence-corrected chi connectivity index (χ0v) is 14.7. The Morgan fingerprint density at radius 3 is 2.50 bits per heavy atom. The lowest BCUT2D eigenvalue weighted by Gasteiger charge is -2.34. The molecule has 1 fully saturated rings. The number of hydrogen-bond donors (Lipinski definition) is 1. The molecule has 3 aromatic rings. The first kappa shape index (κ1) is 16.5. The molecule has 2 aromatic heterocycles. The van der Waals surface area contributed by atoms with E-state index >= 15 is 0 Å². The van der Waals surface area contributed by atoms with Crippen molar-refractivity contribution in [1.29, 1.82) is 0 Å². The molecule has 1 aliphatic heterocycles. The number of amides is 1. The largest absolute Gasteiger partial charge is 0.337 e. The van der Waals surface area contributed by atoms with Crippen molar-refractivity contribution >= 4 is 23.5 Å². The van der Waals surface area contributed by atoms with Gasteiger partial charge >= 0.3 is 0 Å². The molecule has 1 aromatic carbocycles. The molecule has 0 unspecified atom stereocenters. The standard InChI is InChI=1S/C18H17ClN6O/c19-14-5-2-1-4-13(14)15-12-16(23-22-15)17(26)24-8-10-25(11-9-24)18-20-6-3-7-21-18/h1-7,12H,8-11H2,(H,22,23). The van der Waals surface area contributed by atoms with Gasteiger partial charge in [-0.2, -0.15) is 5.10 Å². The van der Waals surface area contributed by atoms with Crippen molar-refractivity contribution in [2.24, 2.45) is 0 Å². The predicted octanol–water partition coefficient (Wildman–Crippen LogP) is 2.48. The van der Waals surface area contributed by atoms with Crippen molar-refractivity contribution in [3.63, 3.8) is 0 Å². The number of carbonyl (C=O) groups excluding carboxylic acids is 1. The molecule has 8 heteroatoms. The molecule has 1 saturated heterocycles. The van der Waals surface area contributed by atoms with Gasteiger partial charge in [-0.05, 0) is 18.2 Å². The van der Waals surface area contributed by atoms with Crippen LogP contribution in [0.2, 0.25) is 5.02 Å². The van der Waals surface area contributed by atoms with E-state index in [0.29, 0.717) is 48.5 Å². The van der Waals surface area contributed by atoms with Crippen molar-refractivity contribution in [3.8, 4) is 11.3 Å². The molecule has 26 heavy (non-hydrogen) atoms. The highest BCUT2D eigenvalue weighted by Gasteiger charge is 2.24. The first-order chi connectivity index (χ1) is 12.7. The Hall–Kier alpha value is -2.93. The van der Waals surface area contributed by atoms with Crippen LogP contribution in [-0.2, 0) is 0 Å². The van der Waals surface area contributed by atoms with Crippen LogP contribution < -0.4 is 4.90 Å². The third-order valence-electron chi connectivity index (χ3n) is 4.36. The Labute approximate surface area is 155 Å². The first-order valence-electron chi connectivity index (χ1n) is 8.34. The normalized spacial score (nSPS) is 14.5. The molecule has 132 valence electrons. The summed E-state index contributed by atoms with van der Waals surface area (Å²) in [5.41, 5.74) is 1.93. The number of hydrogen-bond acceptors (Lipinski definition) is 5. The maximum atomic E-state index is 12.7. The summed E-state index contributed by atoms with van der Waals surface area (Å²) in [4.78, 5) is 25.1. The van der Waals surface area contributed by atoms with Gasteiger partial charge < -0.3 is 9.80 Å². The smallest absolute Gasteiger partial charge is 0.272 e. The number of aromatic amines is 1. The van der Waals surface area contributed by atoms with E-state index in [0.717, 1.165) is 5.56 Å². The number of rotatable bonds is 3. The van der Waals surface area contributed by atoms with Gasteiger partial charge in [0.15, 0.2) is 0 Å². The van der Waals surface area contributed by atoms with E-state index in [9.17, 15) is 4.79 Å². The van der Waals surface area contributed by atoms with Gasteiger partial charge in [0.2, 0.25) is 5.95 Å². The quantitative estimate of drug-likeness (QED) is 0.768. The summed E-state index contributed by atoms with van der Waals surface area (Å²) < 4.78 is 0. The first-order valence-corrected chi connectivity index (χ1v) is 8.72. The molecular weight excluding hydrogens is 352 g/mol. The van der Waals surface area contributed by atoms with Gasteiger partial charge in [0.25, 0.3) is 5.91 Å². The summed E-state index contributed by atoms with van der Waals surface area (Å²) in [5.74, 6) is 0.631. The van der Waals surface area contributed by atoms with E-state index in [4.69, 9.17) is 11.6 Å². The Morgan fingerprint density at radius 2 is 1.77 bits per heavy atom. The van der Waals surface area contributed by atoms with Crippen molar-refractivity contribution in [2.75, 3.05) is 31.1 Å². The van der Waals surface area contributed by atoms with Gasteiger partial charge in [0.1, 0.15) is 5.69 Å². The molecular formula is C18H17ClN6O. The monoisotopic (exact) mass is 368 g/mol. The van der Waals surface area contributed by atoms with E-state index in [1.807, 2.05) is 23.1 Å². The van der Waals surface area contributed by atoms with Gasteiger partial charge in [-0.15, -0.1) is 0 Å². The molecule has 0 spiro atoms. The Morgan fingerprint density at radius 1 is 1.04 bits per heavy atom. The zero-order valence-electron chi connectivity index (χ0n) is 14.0. The summed E-state index contributed by atoms with van der Waals surface area (Å²) in [5, 5.41) is 7.68. The van der Waals surface area contributed by atoms with E-state index in [1.165, 1.54) is 0 Å². The summed E-state index contributed by atoms with van der Waals surface area (Å²) >= 11 is 6.20. The lowest BCUT2D eigenvalue weighted by atomic mass is 10.1. The second-order valence-corrected chi connectivity index (χ2v) is 6.38. The van der Waals surface area contributed by atoms with E-state index in [1.54, 1.807) is 30.6 Å². The van der Waals surface area contributed by atoms with Crippen LogP contribution in [0.4, 0.5) is 5.95 Å². The van der Waals surface area contributed by atoms with Crippen molar-refractivity contribution in [3.05, 3.63) is 59.5 Å². The molecule has 0 radical (unpaired) electrons. The van der Waals surface area contributed by atoms with Crippen LogP contribution in [0.1, 0.15) is 10.5 Å². The Bertz CT molecular complexity index is 905. The second kappa shape index (κ2) is 7.13. The maximum Gasteiger partial charge on any atom is 0.272 e. The van der Waals surface area contributed by atoms with Gasteiger partial charge in [-0.3, -0.25) is 9.89 Å². The molecule has 1 N–H and O–H groups in total. The van der Waals surface area contributed by atoms with E-state index in [-0.39, 0.29) is 5.91 Å². The number of aromatic nitrogens is 4. The lowest BCUT2D eigenvalue weighted by Crippen LogP contribution is -2.49. The minimum absolute atomic E-state index is 0.0653. The number of piperazine rings is 1. The molecule has 0 aliphatic carbocycles. The number of carbonyl (C=O) groups is 1. The van der Waals surface area contributed by atoms with Gasteiger partial charge in [-0.1, -0.05) is 29.8 Å². The minimum Gasteiger partial charge on any atom is -0.337 e. The highest BCUT2D eigenvalue weighted by atomic mass is 35.5. The van der Waals surface area contributed by atoms with Gasteiger partial charge in [-0.25, -0.2) is 9.97 Å². The van der Waals surface area contributed by atoms with Crippen LogP contribution >= 0.6 is 11.6 Å². The van der Waals surface area contributed by atoms with Gasteiger partial charge in [0, 0.05) is 44.1 Å². The molecule has 1 amide bonds. The van der Waals surface area contributed by atoms with Crippen molar-refractivity contribution in [2.45, 2.75) is 0 Å². The number of halogens is 1. The van der Waals surface area contributed by atoms with Crippen LogP contribution in [0.25, 0.3) is 11.3 Å². The summed E-state index contributed by atoms with van der Waals surface area (Å²) in [6.07, 6.45) is 3.45. The number of nitrogens with zero attached hydrogens (tertiary/aromatic N) is 5. The van der Waals surface area contributed by atoms with Gasteiger partial charge in [0.05, 0.1) is 10.7 Å². The fourth-order valence-electron chi connectivity index (χ4n) is 2.97. The predicted molar refractivity (Wildman–Crippen MR) is 99.2 cm³/mol. The summed E-state index contributed by atoms with van der Waals surface area (Å²) in [6.45, 7) is 2.61. The SMILES string of the molecule is O=C(c1cc(-c2ccccc2Cl)n[nH]1)N1CCN(c2ncccn2)CC1. The lowest BCUT2D eigenvalue weighted by molar-refractivity contribution is 0.0740. The molecule has 4 rings (SSSR count). The number of H-pyrrole nitrogens is 1. The fourth-order valence-corrected chi connectivity index (χ4v) is 3.21. The van der Waals surface area contributed by atoms with Crippen LogP contribution in [-0.4, -0.2) is 57.2 Å². The third kappa shape index (κ3) is 3.25. The molecule has 0 atom stereocenters. The molecule has 0 saturated carbocycles. The van der Waals surface area contributed by atoms with E-state index < -0.39 is 0 Å². The van der Waals surface area contributed by atoms with Crippen LogP contribution in [0, 0.1) is 0 Å². The minimum atomic E-state index is -0.0653. The highest BCUT2D eigenvalue weighted by molar-refractivity contribution is 6.33. The maximum absolute atomic E-state index is 12.7. The average molecular weight is 369 g/mol. The van der Waals surface area contributed by atoms with Crippen LogP contribution in [0.5, 0.6) is 0 Å². The molecule has 1 aliphatic rings. The zero-order chi connectivity index (χ0) is 17.9. The number of anilines is 1. The highest BCUT2D eigenvalue weighted by Crippen LogP contribution is 2.26. The van der Waals surface area contributed by atoms with E-state index in [2.05, 4.69) is 25.1 Å². The Balaban J connectivity index is 1.44. The molecule has 7 nitrogen and oxygen atoms in total. The number of benzene rings is 1. The Kier molecular flexibility index (Phi) is 4.53. The van der Waals surface area contributed by atoms with Crippen LogP contribution in [0.15, 0.2) is 48.8 Å².